The summed E-state index contributed by atoms with van der Waals surface area (Å²) >= 11 is 3.04. The van der Waals surface area contributed by atoms with Crippen LogP contribution in [0.25, 0.3) is 0 Å². The minimum Gasteiger partial charge on any atom is -0.497 e. The van der Waals surface area contributed by atoms with Gasteiger partial charge in [-0.1, -0.05) is 19.1 Å². The van der Waals surface area contributed by atoms with Crippen LogP contribution in [0.1, 0.15) is 24.9 Å². The smallest absolute Gasteiger partial charge is 0.238 e. The van der Waals surface area contributed by atoms with Gasteiger partial charge >= 0.3 is 0 Å². The molecule has 7 heteroatoms. The lowest BCUT2D eigenvalue weighted by molar-refractivity contribution is -0.115. The van der Waals surface area contributed by atoms with Gasteiger partial charge < -0.3 is 15.4 Å². The summed E-state index contributed by atoms with van der Waals surface area (Å²) in [5.41, 5.74) is 0.941. The highest BCUT2D eigenvalue weighted by molar-refractivity contribution is 9.10. The van der Waals surface area contributed by atoms with Crippen LogP contribution in [-0.4, -0.2) is 19.6 Å². The monoisotopic (exact) mass is 412 g/mol. The second kappa shape index (κ2) is 8.92. The van der Waals surface area contributed by atoms with Gasteiger partial charge in [-0.15, -0.1) is 0 Å². The SMILES string of the molecule is CCC(NCC(=O)Nc1c(F)cc(F)cc1Br)c1ccc(OC)cc1. The topological polar surface area (TPSA) is 50.4 Å². The van der Waals surface area contributed by atoms with E-state index in [4.69, 9.17) is 4.74 Å². The van der Waals surface area contributed by atoms with Gasteiger partial charge in [-0.05, 0) is 46.1 Å². The zero-order valence-corrected chi connectivity index (χ0v) is 15.5. The summed E-state index contributed by atoms with van der Waals surface area (Å²) in [5, 5.41) is 5.57. The number of ether oxygens (including phenoxy) is 1. The largest absolute Gasteiger partial charge is 0.497 e. The molecule has 0 saturated heterocycles. The first-order chi connectivity index (χ1) is 11.9. The minimum atomic E-state index is -0.831. The molecule has 1 amide bonds. The second-order valence-corrected chi connectivity index (χ2v) is 6.26. The van der Waals surface area contributed by atoms with Crippen molar-refractivity contribution in [3.05, 3.63) is 58.1 Å². The third kappa shape index (κ3) is 5.24. The number of carbonyl (C=O) groups excluding carboxylic acids is 1. The Balaban J connectivity index is 1.98. The first-order valence-electron chi connectivity index (χ1n) is 7.76. The van der Waals surface area contributed by atoms with E-state index < -0.39 is 17.5 Å². The molecule has 0 aromatic heterocycles. The fourth-order valence-corrected chi connectivity index (χ4v) is 2.90. The van der Waals surface area contributed by atoms with Crippen molar-refractivity contribution >= 4 is 27.5 Å². The number of anilines is 1. The highest BCUT2D eigenvalue weighted by Gasteiger charge is 2.15. The number of carbonyl (C=O) groups is 1. The van der Waals surface area contributed by atoms with E-state index in [0.717, 1.165) is 29.9 Å². The molecule has 0 fully saturated rings. The zero-order chi connectivity index (χ0) is 18.4. The molecule has 0 saturated carbocycles. The molecule has 134 valence electrons. The van der Waals surface area contributed by atoms with Crippen molar-refractivity contribution in [1.82, 2.24) is 5.32 Å². The lowest BCUT2D eigenvalue weighted by Crippen LogP contribution is -2.31. The van der Waals surface area contributed by atoms with E-state index in [1.807, 2.05) is 31.2 Å². The number of rotatable bonds is 7. The maximum atomic E-state index is 13.8. The number of halogens is 3. The summed E-state index contributed by atoms with van der Waals surface area (Å²) in [5.74, 6) is -1.21. The summed E-state index contributed by atoms with van der Waals surface area (Å²) in [7, 11) is 1.60. The molecule has 0 spiro atoms. The van der Waals surface area contributed by atoms with E-state index in [0.29, 0.717) is 0 Å². The average molecular weight is 413 g/mol. The first kappa shape index (κ1) is 19.3. The maximum Gasteiger partial charge on any atom is 0.238 e. The highest BCUT2D eigenvalue weighted by Crippen LogP contribution is 2.27. The van der Waals surface area contributed by atoms with Gasteiger partial charge in [0, 0.05) is 16.6 Å². The highest BCUT2D eigenvalue weighted by atomic mass is 79.9. The van der Waals surface area contributed by atoms with Crippen LogP contribution >= 0.6 is 15.9 Å². The minimum absolute atomic E-state index is 0.00616. The molecule has 0 aliphatic rings. The molecular formula is C18H19BrF2N2O2. The Morgan fingerprint density at radius 2 is 1.92 bits per heavy atom. The van der Waals surface area contributed by atoms with E-state index in [2.05, 4.69) is 26.6 Å². The summed E-state index contributed by atoms with van der Waals surface area (Å²) in [6, 6.07) is 9.34. The molecule has 4 nitrogen and oxygen atoms in total. The molecule has 0 aliphatic heterocycles. The number of benzene rings is 2. The van der Waals surface area contributed by atoms with Gasteiger partial charge in [0.2, 0.25) is 5.91 Å². The van der Waals surface area contributed by atoms with E-state index >= 15 is 0 Å². The zero-order valence-electron chi connectivity index (χ0n) is 13.9. The number of hydrogen-bond donors (Lipinski definition) is 2. The number of hydrogen-bond acceptors (Lipinski definition) is 3. The predicted octanol–water partition coefficient (Wildman–Crippen LogP) is 4.42. The Bertz CT molecular complexity index is 715. The first-order valence-corrected chi connectivity index (χ1v) is 8.55. The number of amides is 1. The molecule has 2 aromatic carbocycles. The van der Waals surface area contributed by atoms with Crippen LogP contribution in [0.4, 0.5) is 14.5 Å². The fourth-order valence-electron chi connectivity index (χ4n) is 2.40. The van der Waals surface area contributed by atoms with Crippen LogP contribution in [-0.2, 0) is 4.79 Å². The lowest BCUT2D eigenvalue weighted by Gasteiger charge is -2.18. The number of nitrogens with one attached hydrogen (secondary N) is 2. The quantitative estimate of drug-likeness (QED) is 0.707. The van der Waals surface area contributed by atoms with Gasteiger partial charge in [0.25, 0.3) is 0 Å². The molecule has 2 N–H and O–H groups in total. The molecule has 0 heterocycles. The Kier molecular flexibility index (Phi) is 6.90. The molecule has 0 bridgehead atoms. The normalized spacial score (nSPS) is 11.9. The van der Waals surface area contributed by atoms with Crippen LogP contribution in [0.5, 0.6) is 5.75 Å². The van der Waals surface area contributed by atoms with E-state index in [1.165, 1.54) is 0 Å². The summed E-state index contributed by atoms with van der Waals surface area (Å²) < 4.78 is 32.1. The van der Waals surface area contributed by atoms with E-state index in [1.54, 1.807) is 7.11 Å². The molecule has 0 radical (unpaired) electrons. The summed E-state index contributed by atoms with van der Waals surface area (Å²) in [6.07, 6.45) is 0.772. The Hall–Kier alpha value is -1.99. The standard InChI is InChI=1S/C18H19BrF2N2O2/c1-3-16(11-4-6-13(25-2)7-5-11)22-10-17(24)23-18-14(19)8-12(20)9-15(18)21/h4-9,16,22H,3,10H2,1-2H3,(H,23,24). The number of methoxy groups -OCH3 is 1. The Morgan fingerprint density at radius 3 is 2.48 bits per heavy atom. The van der Waals surface area contributed by atoms with Crippen molar-refractivity contribution < 1.29 is 18.3 Å². The van der Waals surface area contributed by atoms with Crippen molar-refractivity contribution in [2.24, 2.45) is 0 Å². The van der Waals surface area contributed by atoms with Crippen molar-refractivity contribution in [2.75, 3.05) is 19.0 Å². The van der Waals surface area contributed by atoms with Crippen LogP contribution in [0.3, 0.4) is 0 Å². The van der Waals surface area contributed by atoms with E-state index in [-0.39, 0.29) is 22.7 Å². The van der Waals surface area contributed by atoms with Gasteiger partial charge in [0.05, 0.1) is 19.3 Å². The van der Waals surface area contributed by atoms with Crippen LogP contribution in [0.2, 0.25) is 0 Å². The molecule has 2 aromatic rings. The average Bonchev–Trinajstić information content (AvgIpc) is 2.59. The maximum absolute atomic E-state index is 13.8. The van der Waals surface area contributed by atoms with Crippen LogP contribution in [0, 0.1) is 11.6 Å². The Morgan fingerprint density at radius 1 is 1.24 bits per heavy atom. The molecule has 1 unspecified atom stereocenters. The van der Waals surface area contributed by atoms with Crippen molar-refractivity contribution in [2.45, 2.75) is 19.4 Å². The lowest BCUT2D eigenvalue weighted by atomic mass is 10.0. The van der Waals surface area contributed by atoms with E-state index in [9.17, 15) is 13.6 Å². The molecule has 1 atom stereocenters. The summed E-state index contributed by atoms with van der Waals surface area (Å²) in [6.45, 7) is 1.99. The van der Waals surface area contributed by atoms with Crippen molar-refractivity contribution in [1.29, 1.82) is 0 Å². The molecule has 0 aliphatic carbocycles. The van der Waals surface area contributed by atoms with Gasteiger partial charge in [-0.25, -0.2) is 8.78 Å². The molecular weight excluding hydrogens is 394 g/mol. The van der Waals surface area contributed by atoms with Gasteiger partial charge in [-0.2, -0.15) is 0 Å². The van der Waals surface area contributed by atoms with Gasteiger partial charge in [-0.3, -0.25) is 4.79 Å². The van der Waals surface area contributed by atoms with Crippen molar-refractivity contribution in [3.63, 3.8) is 0 Å². The fraction of sp³-hybridized carbons (Fsp3) is 0.278. The van der Waals surface area contributed by atoms with Crippen LogP contribution in [0.15, 0.2) is 40.9 Å². The van der Waals surface area contributed by atoms with Gasteiger partial charge in [0.15, 0.2) is 5.82 Å². The molecule has 25 heavy (non-hydrogen) atoms. The van der Waals surface area contributed by atoms with Crippen molar-refractivity contribution in [3.8, 4) is 5.75 Å². The van der Waals surface area contributed by atoms with Crippen LogP contribution < -0.4 is 15.4 Å². The predicted molar refractivity (Wildman–Crippen MR) is 96.7 cm³/mol. The summed E-state index contributed by atoms with van der Waals surface area (Å²) in [4.78, 5) is 12.1. The molecule has 2 rings (SSSR count). The van der Waals surface area contributed by atoms with Gasteiger partial charge in [0.1, 0.15) is 11.6 Å². The third-order valence-corrected chi connectivity index (χ3v) is 4.33. The second-order valence-electron chi connectivity index (χ2n) is 5.41. The third-order valence-electron chi connectivity index (χ3n) is 3.71. The Labute approximate surface area is 153 Å².